The molecule has 2 aliphatic rings. The number of amides is 1. The third-order valence-corrected chi connectivity index (χ3v) is 4.26. The molecule has 1 saturated heterocycles. The molecule has 2 rings (SSSR count). The predicted octanol–water partition coefficient (Wildman–Crippen LogP) is 1.61. The Morgan fingerprint density at radius 3 is 2.39 bits per heavy atom. The number of nitrogens with two attached hydrogens (primary N) is 1. The van der Waals surface area contributed by atoms with Gasteiger partial charge in [-0.15, -0.1) is 12.4 Å². The van der Waals surface area contributed by atoms with Gasteiger partial charge in [0.1, 0.15) is 0 Å². The standard InChI is InChI=1S/C13H24N2O2.ClH/c14-10-13(6-8-17-9-7-13)12(16)15-11-4-2-1-3-5-11;/h11H,1-10,14H2,(H,15,16);1H. The average molecular weight is 277 g/mol. The van der Waals surface area contributed by atoms with Gasteiger partial charge >= 0.3 is 0 Å². The second-order valence-electron chi connectivity index (χ2n) is 5.41. The first-order chi connectivity index (χ1) is 8.27. The average Bonchev–Trinajstić information content (AvgIpc) is 2.40. The quantitative estimate of drug-likeness (QED) is 0.823. The van der Waals surface area contributed by atoms with Crippen molar-refractivity contribution < 1.29 is 9.53 Å². The molecule has 1 heterocycles. The van der Waals surface area contributed by atoms with Gasteiger partial charge in [-0.1, -0.05) is 19.3 Å². The zero-order valence-corrected chi connectivity index (χ0v) is 11.8. The smallest absolute Gasteiger partial charge is 0.227 e. The normalized spacial score (nSPS) is 24.1. The van der Waals surface area contributed by atoms with Crippen molar-refractivity contribution in [3.8, 4) is 0 Å². The van der Waals surface area contributed by atoms with Gasteiger partial charge in [0.25, 0.3) is 0 Å². The fraction of sp³-hybridized carbons (Fsp3) is 0.923. The number of carbonyl (C=O) groups excluding carboxylic acids is 1. The van der Waals surface area contributed by atoms with Gasteiger partial charge in [0.15, 0.2) is 0 Å². The first-order valence-electron chi connectivity index (χ1n) is 6.86. The van der Waals surface area contributed by atoms with Crippen LogP contribution < -0.4 is 11.1 Å². The van der Waals surface area contributed by atoms with E-state index >= 15 is 0 Å². The van der Waals surface area contributed by atoms with Crippen LogP contribution >= 0.6 is 12.4 Å². The largest absolute Gasteiger partial charge is 0.381 e. The van der Waals surface area contributed by atoms with E-state index in [-0.39, 0.29) is 23.7 Å². The molecule has 0 spiro atoms. The summed E-state index contributed by atoms with van der Waals surface area (Å²) >= 11 is 0. The van der Waals surface area contributed by atoms with Crippen molar-refractivity contribution in [1.29, 1.82) is 0 Å². The predicted molar refractivity (Wildman–Crippen MR) is 73.8 cm³/mol. The van der Waals surface area contributed by atoms with Crippen LogP contribution in [-0.2, 0) is 9.53 Å². The Labute approximate surface area is 115 Å². The Morgan fingerprint density at radius 1 is 1.22 bits per heavy atom. The summed E-state index contributed by atoms with van der Waals surface area (Å²) in [6, 6.07) is 0.377. The Bertz CT molecular complexity index is 262. The van der Waals surface area contributed by atoms with E-state index in [2.05, 4.69) is 5.32 Å². The lowest BCUT2D eigenvalue weighted by molar-refractivity contribution is -0.136. The fourth-order valence-electron chi connectivity index (χ4n) is 2.87. The van der Waals surface area contributed by atoms with Gasteiger partial charge in [0, 0.05) is 25.8 Å². The van der Waals surface area contributed by atoms with Crippen molar-refractivity contribution >= 4 is 18.3 Å². The Morgan fingerprint density at radius 2 is 1.83 bits per heavy atom. The summed E-state index contributed by atoms with van der Waals surface area (Å²) in [6.07, 6.45) is 7.57. The lowest BCUT2D eigenvalue weighted by Crippen LogP contribution is -2.52. The maximum Gasteiger partial charge on any atom is 0.227 e. The van der Waals surface area contributed by atoms with E-state index in [1.54, 1.807) is 0 Å². The molecule has 0 radical (unpaired) electrons. The number of hydrogen-bond acceptors (Lipinski definition) is 3. The summed E-state index contributed by atoms with van der Waals surface area (Å²) in [5.41, 5.74) is 5.46. The van der Waals surface area contributed by atoms with Gasteiger partial charge in [-0.25, -0.2) is 0 Å². The second kappa shape index (κ2) is 7.31. The Balaban J connectivity index is 0.00000162. The first-order valence-corrected chi connectivity index (χ1v) is 6.86. The summed E-state index contributed by atoms with van der Waals surface area (Å²) in [6.45, 7) is 1.76. The lowest BCUT2D eigenvalue weighted by Gasteiger charge is -2.36. The zero-order valence-electron chi connectivity index (χ0n) is 11.0. The number of carbonyl (C=O) groups is 1. The van der Waals surface area contributed by atoms with Gasteiger partial charge in [-0.05, 0) is 25.7 Å². The molecule has 0 atom stereocenters. The van der Waals surface area contributed by atoms with Crippen molar-refractivity contribution in [2.24, 2.45) is 11.1 Å². The van der Waals surface area contributed by atoms with Crippen LogP contribution in [0, 0.1) is 5.41 Å². The van der Waals surface area contributed by atoms with Gasteiger partial charge < -0.3 is 15.8 Å². The number of halogens is 1. The molecule has 18 heavy (non-hydrogen) atoms. The molecule has 1 aliphatic heterocycles. The van der Waals surface area contributed by atoms with Crippen molar-refractivity contribution in [1.82, 2.24) is 5.32 Å². The molecule has 1 amide bonds. The second-order valence-corrected chi connectivity index (χ2v) is 5.41. The van der Waals surface area contributed by atoms with E-state index in [1.165, 1.54) is 19.3 Å². The lowest BCUT2D eigenvalue weighted by atomic mass is 9.79. The summed E-state index contributed by atoms with van der Waals surface area (Å²) in [7, 11) is 0. The highest BCUT2D eigenvalue weighted by Gasteiger charge is 2.39. The monoisotopic (exact) mass is 276 g/mol. The molecule has 3 N–H and O–H groups in total. The summed E-state index contributed by atoms with van der Waals surface area (Å²) in [5.74, 6) is 0.162. The minimum atomic E-state index is -0.365. The van der Waals surface area contributed by atoms with E-state index in [9.17, 15) is 4.79 Å². The Hall–Kier alpha value is -0.320. The minimum Gasteiger partial charge on any atom is -0.381 e. The molecule has 5 heteroatoms. The van der Waals surface area contributed by atoms with Crippen LogP contribution in [0.15, 0.2) is 0 Å². The number of nitrogens with one attached hydrogen (secondary N) is 1. The van der Waals surface area contributed by atoms with E-state index in [0.717, 1.165) is 25.7 Å². The maximum atomic E-state index is 12.4. The molecular formula is C13H25ClN2O2. The molecule has 106 valence electrons. The van der Waals surface area contributed by atoms with Crippen LogP contribution in [0.1, 0.15) is 44.9 Å². The SMILES string of the molecule is Cl.NCC1(C(=O)NC2CCCCC2)CCOCC1. The maximum absolute atomic E-state index is 12.4. The fourth-order valence-corrected chi connectivity index (χ4v) is 2.87. The molecule has 0 aromatic carbocycles. The molecule has 0 unspecified atom stereocenters. The molecule has 0 bridgehead atoms. The molecule has 2 fully saturated rings. The van der Waals surface area contributed by atoms with Gasteiger partial charge in [0.2, 0.25) is 5.91 Å². The van der Waals surface area contributed by atoms with Crippen molar-refractivity contribution in [3.63, 3.8) is 0 Å². The van der Waals surface area contributed by atoms with Crippen molar-refractivity contribution in [2.45, 2.75) is 51.0 Å². The van der Waals surface area contributed by atoms with Crippen LogP contribution in [0.4, 0.5) is 0 Å². The zero-order chi connectivity index (χ0) is 12.1. The molecular weight excluding hydrogens is 252 g/mol. The highest BCUT2D eigenvalue weighted by molar-refractivity contribution is 5.85. The van der Waals surface area contributed by atoms with E-state index in [4.69, 9.17) is 10.5 Å². The van der Waals surface area contributed by atoms with Gasteiger partial charge in [-0.3, -0.25) is 4.79 Å². The van der Waals surface area contributed by atoms with E-state index < -0.39 is 0 Å². The first kappa shape index (κ1) is 15.7. The molecule has 4 nitrogen and oxygen atoms in total. The topological polar surface area (TPSA) is 64.4 Å². The number of ether oxygens (including phenoxy) is 1. The third-order valence-electron chi connectivity index (χ3n) is 4.26. The molecule has 0 aromatic heterocycles. The minimum absolute atomic E-state index is 0. The Kier molecular flexibility index (Phi) is 6.39. The molecule has 1 aliphatic carbocycles. The molecule has 0 aromatic rings. The van der Waals surface area contributed by atoms with Crippen LogP contribution in [0.25, 0.3) is 0 Å². The van der Waals surface area contributed by atoms with Crippen LogP contribution in [0.5, 0.6) is 0 Å². The van der Waals surface area contributed by atoms with Crippen molar-refractivity contribution in [2.75, 3.05) is 19.8 Å². The molecule has 1 saturated carbocycles. The van der Waals surface area contributed by atoms with Crippen LogP contribution in [0.3, 0.4) is 0 Å². The third kappa shape index (κ3) is 3.59. The highest BCUT2D eigenvalue weighted by atomic mass is 35.5. The highest BCUT2D eigenvalue weighted by Crippen LogP contribution is 2.30. The number of rotatable bonds is 3. The van der Waals surface area contributed by atoms with Gasteiger partial charge in [-0.2, -0.15) is 0 Å². The van der Waals surface area contributed by atoms with Crippen molar-refractivity contribution in [3.05, 3.63) is 0 Å². The van der Waals surface area contributed by atoms with Gasteiger partial charge in [0.05, 0.1) is 5.41 Å². The van der Waals surface area contributed by atoms with Crippen LogP contribution in [-0.4, -0.2) is 31.7 Å². The number of hydrogen-bond donors (Lipinski definition) is 2. The van der Waals surface area contributed by atoms with E-state index in [1.807, 2.05) is 0 Å². The van der Waals surface area contributed by atoms with Crippen LogP contribution in [0.2, 0.25) is 0 Å². The summed E-state index contributed by atoms with van der Waals surface area (Å²) in [4.78, 5) is 12.4. The summed E-state index contributed by atoms with van der Waals surface area (Å²) in [5, 5.41) is 3.21. The summed E-state index contributed by atoms with van der Waals surface area (Å²) < 4.78 is 5.33. The van der Waals surface area contributed by atoms with E-state index in [0.29, 0.717) is 25.8 Å².